The third kappa shape index (κ3) is 3.66. The maximum atomic E-state index is 5.90. The molecule has 0 atom stereocenters. The highest BCUT2D eigenvalue weighted by Gasteiger charge is 2.02. The molecule has 0 aliphatic heterocycles. The molecule has 0 saturated heterocycles. The van der Waals surface area contributed by atoms with Gasteiger partial charge in [0.25, 0.3) is 0 Å². The first-order chi connectivity index (χ1) is 8.65. The van der Waals surface area contributed by atoms with Crippen LogP contribution in [0, 0.1) is 0 Å². The zero-order valence-corrected chi connectivity index (χ0v) is 12.1. The van der Waals surface area contributed by atoms with E-state index < -0.39 is 0 Å². The van der Waals surface area contributed by atoms with Crippen LogP contribution in [0.5, 0.6) is 0 Å². The Morgan fingerprint density at radius 1 is 1.00 bits per heavy atom. The van der Waals surface area contributed by atoms with Crippen LogP contribution >= 0.6 is 23.4 Å². The van der Waals surface area contributed by atoms with Gasteiger partial charge in [-0.05, 0) is 49.7 Å². The zero-order valence-electron chi connectivity index (χ0n) is 10.5. The monoisotopic (exact) mass is 274 g/mol. The van der Waals surface area contributed by atoms with E-state index >= 15 is 0 Å². The van der Waals surface area contributed by atoms with Crippen LogP contribution in [-0.4, -0.2) is 0 Å². The summed E-state index contributed by atoms with van der Waals surface area (Å²) in [5.41, 5.74) is 2.57. The van der Waals surface area contributed by atoms with Gasteiger partial charge in [-0.15, -0.1) is 0 Å². The minimum absolute atomic E-state index is 0.775. The topological polar surface area (TPSA) is 0 Å². The molecule has 2 aromatic carbocycles. The van der Waals surface area contributed by atoms with Gasteiger partial charge in [0, 0.05) is 14.8 Å². The normalized spacial score (nSPS) is 10.2. The number of hydrogen-bond acceptors (Lipinski definition) is 1. The van der Waals surface area contributed by atoms with Crippen LogP contribution in [0.2, 0.25) is 5.02 Å². The molecule has 0 aromatic heterocycles. The zero-order chi connectivity index (χ0) is 13.0. The summed E-state index contributed by atoms with van der Waals surface area (Å²) in [5.74, 6) is 0. The Kier molecular flexibility index (Phi) is 4.51. The first kappa shape index (κ1) is 13.3. The van der Waals surface area contributed by atoms with Crippen molar-refractivity contribution in [2.24, 2.45) is 0 Å². The molecule has 0 unspecified atom stereocenters. The van der Waals surface area contributed by atoms with Crippen molar-refractivity contribution in [3.05, 3.63) is 64.7 Å². The van der Waals surface area contributed by atoms with Gasteiger partial charge in [-0.3, -0.25) is 0 Å². The van der Waals surface area contributed by atoms with Crippen molar-refractivity contribution in [3.63, 3.8) is 0 Å². The highest BCUT2D eigenvalue weighted by molar-refractivity contribution is 7.99. The van der Waals surface area contributed by atoms with Crippen LogP contribution < -0.4 is 0 Å². The molecule has 0 radical (unpaired) electrons. The third-order valence-corrected chi connectivity index (χ3v) is 3.76. The number of halogens is 1. The first-order valence-corrected chi connectivity index (χ1v) is 7.02. The molecule has 2 aromatic rings. The molecule has 0 heterocycles. The maximum absolute atomic E-state index is 5.90. The summed E-state index contributed by atoms with van der Waals surface area (Å²) in [7, 11) is 0. The van der Waals surface area contributed by atoms with E-state index in [1.165, 1.54) is 20.9 Å². The smallest absolute Gasteiger partial charge is 0.0406 e. The number of rotatable bonds is 3. The maximum Gasteiger partial charge on any atom is 0.0406 e. The average molecular weight is 275 g/mol. The van der Waals surface area contributed by atoms with E-state index in [4.69, 9.17) is 11.6 Å². The summed E-state index contributed by atoms with van der Waals surface area (Å²) < 4.78 is 0. The van der Waals surface area contributed by atoms with Crippen LogP contribution in [0.4, 0.5) is 0 Å². The van der Waals surface area contributed by atoms with E-state index in [1.54, 1.807) is 11.8 Å². The molecule has 0 spiro atoms. The largest absolute Gasteiger partial charge is 0.0895 e. The van der Waals surface area contributed by atoms with E-state index in [1.807, 2.05) is 24.3 Å². The molecule has 0 aliphatic carbocycles. The average Bonchev–Trinajstić information content (AvgIpc) is 2.34. The minimum atomic E-state index is 0.775. The summed E-state index contributed by atoms with van der Waals surface area (Å²) >= 11 is 7.66. The van der Waals surface area contributed by atoms with Crippen LogP contribution in [0.25, 0.3) is 6.08 Å². The lowest BCUT2D eigenvalue weighted by Crippen LogP contribution is -1.80. The second-order valence-corrected chi connectivity index (χ2v) is 5.87. The van der Waals surface area contributed by atoms with Gasteiger partial charge in [0.2, 0.25) is 0 Å². The molecule has 0 nitrogen and oxygen atoms in total. The molecule has 0 amide bonds. The lowest BCUT2D eigenvalue weighted by atomic mass is 10.1. The Morgan fingerprint density at radius 3 is 2.33 bits per heavy atom. The lowest BCUT2D eigenvalue weighted by Gasteiger charge is -2.06. The fourth-order valence-corrected chi connectivity index (χ4v) is 2.68. The van der Waals surface area contributed by atoms with E-state index in [-0.39, 0.29) is 0 Å². The summed E-state index contributed by atoms with van der Waals surface area (Å²) in [6, 6.07) is 16.4. The van der Waals surface area contributed by atoms with Crippen molar-refractivity contribution in [1.82, 2.24) is 0 Å². The van der Waals surface area contributed by atoms with Gasteiger partial charge in [-0.1, -0.05) is 53.2 Å². The minimum Gasteiger partial charge on any atom is -0.0895 e. The first-order valence-electron chi connectivity index (χ1n) is 5.82. The second-order valence-electron chi connectivity index (χ2n) is 4.32. The molecule has 0 bridgehead atoms. The predicted molar refractivity (Wildman–Crippen MR) is 81.3 cm³/mol. The molecular weight excluding hydrogens is 260 g/mol. The molecular formula is C16H15ClS. The molecule has 0 N–H and O–H groups in total. The van der Waals surface area contributed by atoms with Gasteiger partial charge in [-0.25, -0.2) is 0 Å². The summed E-state index contributed by atoms with van der Waals surface area (Å²) in [6.45, 7) is 4.23. The van der Waals surface area contributed by atoms with E-state index in [2.05, 4.69) is 44.2 Å². The van der Waals surface area contributed by atoms with Crippen LogP contribution in [0.3, 0.4) is 0 Å². The fourth-order valence-electron chi connectivity index (χ4n) is 1.63. The fraction of sp³-hybridized carbons (Fsp3) is 0.125. The van der Waals surface area contributed by atoms with Crippen molar-refractivity contribution >= 4 is 29.4 Å². The van der Waals surface area contributed by atoms with Gasteiger partial charge < -0.3 is 0 Å². The molecule has 0 fully saturated rings. The van der Waals surface area contributed by atoms with Crippen molar-refractivity contribution in [1.29, 1.82) is 0 Å². The van der Waals surface area contributed by atoms with Gasteiger partial charge in [-0.2, -0.15) is 0 Å². The molecule has 2 heteroatoms. The van der Waals surface area contributed by atoms with Gasteiger partial charge in [0.1, 0.15) is 0 Å². The second kappa shape index (κ2) is 6.12. The van der Waals surface area contributed by atoms with Crippen molar-refractivity contribution < 1.29 is 0 Å². The van der Waals surface area contributed by atoms with E-state index in [0.29, 0.717) is 0 Å². The van der Waals surface area contributed by atoms with Gasteiger partial charge >= 0.3 is 0 Å². The van der Waals surface area contributed by atoms with Crippen LogP contribution in [0.15, 0.2) is 63.9 Å². The van der Waals surface area contributed by atoms with Crippen molar-refractivity contribution in [2.45, 2.75) is 23.6 Å². The summed E-state index contributed by atoms with van der Waals surface area (Å²) in [4.78, 5) is 2.47. The third-order valence-electron chi connectivity index (χ3n) is 2.40. The predicted octanol–water partition coefficient (Wildman–Crippen LogP) is 5.91. The Bertz CT molecular complexity index is 552. The summed E-state index contributed by atoms with van der Waals surface area (Å²) in [6.07, 6.45) is 2.21. The molecule has 0 aliphatic rings. The highest BCUT2D eigenvalue weighted by Crippen LogP contribution is 2.32. The highest BCUT2D eigenvalue weighted by atomic mass is 35.5. The van der Waals surface area contributed by atoms with Crippen molar-refractivity contribution in [2.75, 3.05) is 0 Å². The Morgan fingerprint density at radius 2 is 1.67 bits per heavy atom. The Labute approximate surface area is 118 Å². The van der Waals surface area contributed by atoms with Gasteiger partial charge in [0.05, 0.1) is 0 Å². The molecule has 18 heavy (non-hydrogen) atoms. The van der Waals surface area contributed by atoms with Crippen molar-refractivity contribution in [3.8, 4) is 0 Å². The van der Waals surface area contributed by atoms with Crippen LogP contribution in [0.1, 0.15) is 19.4 Å². The van der Waals surface area contributed by atoms with Crippen LogP contribution in [-0.2, 0) is 0 Å². The summed E-state index contributed by atoms with van der Waals surface area (Å²) in [5, 5.41) is 0.775. The standard InChI is InChI=1S/C16H15ClS/c1-12(2)11-13-5-3-4-6-16(13)18-15-9-7-14(17)8-10-15/h3-11H,1-2H3. The van der Waals surface area contributed by atoms with Gasteiger partial charge in [0.15, 0.2) is 0 Å². The quantitative estimate of drug-likeness (QED) is 0.670. The molecule has 2 rings (SSSR count). The van der Waals surface area contributed by atoms with E-state index in [9.17, 15) is 0 Å². The Balaban J connectivity index is 2.29. The molecule has 0 saturated carbocycles. The number of benzene rings is 2. The SMILES string of the molecule is CC(C)=Cc1ccccc1Sc1ccc(Cl)cc1. The van der Waals surface area contributed by atoms with E-state index in [0.717, 1.165) is 5.02 Å². The number of allylic oxidation sites excluding steroid dienone is 1. The Hall–Kier alpha value is -1.18. The molecule has 92 valence electrons. The number of hydrogen-bond donors (Lipinski definition) is 0. The lowest BCUT2D eigenvalue weighted by molar-refractivity contribution is 1.36.